The number of esters is 1. The molecule has 0 spiro atoms. The van der Waals surface area contributed by atoms with Crippen molar-refractivity contribution in [1.82, 2.24) is 4.90 Å². The summed E-state index contributed by atoms with van der Waals surface area (Å²) in [6.07, 6.45) is 0.780. The van der Waals surface area contributed by atoms with E-state index in [1.807, 2.05) is 13.8 Å². The molecule has 0 radical (unpaired) electrons. The van der Waals surface area contributed by atoms with Crippen molar-refractivity contribution in [3.63, 3.8) is 0 Å². The van der Waals surface area contributed by atoms with Gasteiger partial charge in [0.05, 0.1) is 12.0 Å². The third-order valence-electron chi connectivity index (χ3n) is 2.50. The molecule has 0 unspecified atom stereocenters. The summed E-state index contributed by atoms with van der Waals surface area (Å²) in [5.41, 5.74) is 6.34. The van der Waals surface area contributed by atoms with Gasteiger partial charge in [-0.15, -0.1) is 11.3 Å². The second-order valence-electron chi connectivity index (χ2n) is 3.93. The standard InChI is InChI=1S/C12H18N2O3S/c1-4-5-14(7-11(15)17-3)12(16)10-6-9(13)8(2)18-10/h6H,4-5,7,13H2,1-3H3. The highest BCUT2D eigenvalue weighted by molar-refractivity contribution is 7.14. The maximum Gasteiger partial charge on any atom is 0.325 e. The molecule has 5 nitrogen and oxygen atoms in total. The van der Waals surface area contributed by atoms with Gasteiger partial charge in [0.15, 0.2) is 0 Å². The van der Waals surface area contributed by atoms with Crippen LogP contribution in [0.25, 0.3) is 0 Å². The van der Waals surface area contributed by atoms with Gasteiger partial charge in [0, 0.05) is 17.1 Å². The molecule has 0 aromatic carbocycles. The molecule has 18 heavy (non-hydrogen) atoms. The first-order valence-electron chi connectivity index (χ1n) is 5.71. The lowest BCUT2D eigenvalue weighted by Gasteiger charge is -2.19. The van der Waals surface area contributed by atoms with Crippen molar-refractivity contribution in [2.75, 3.05) is 25.9 Å². The van der Waals surface area contributed by atoms with Crippen LogP contribution in [-0.4, -0.2) is 37.0 Å². The number of nitrogens with zero attached hydrogens (tertiary/aromatic N) is 1. The molecule has 0 atom stereocenters. The van der Waals surface area contributed by atoms with Gasteiger partial charge in [0.2, 0.25) is 0 Å². The Morgan fingerprint density at radius 2 is 2.17 bits per heavy atom. The number of thiophene rings is 1. The Kier molecular flexibility index (Phi) is 5.15. The van der Waals surface area contributed by atoms with E-state index in [2.05, 4.69) is 4.74 Å². The van der Waals surface area contributed by atoms with Gasteiger partial charge in [0.1, 0.15) is 6.54 Å². The van der Waals surface area contributed by atoms with Crippen LogP contribution in [0.5, 0.6) is 0 Å². The first-order chi connectivity index (χ1) is 8.49. The number of carbonyl (C=O) groups excluding carboxylic acids is 2. The quantitative estimate of drug-likeness (QED) is 0.826. The lowest BCUT2D eigenvalue weighted by Crippen LogP contribution is -2.36. The molecule has 1 aromatic rings. The highest BCUT2D eigenvalue weighted by atomic mass is 32.1. The van der Waals surface area contributed by atoms with Crippen LogP contribution in [-0.2, 0) is 9.53 Å². The van der Waals surface area contributed by atoms with Gasteiger partial charge in [-0.25, -0.2) is 0 Å². The number of nitrogen functional groups attached to an aromatic ring is 1. The number of aryl methyl sites for hydroxylation is 1. The zero-order valence-corrected chi connectivity index (χ0v) is 11.7. The highest BCUT2D eigenvalue weighted by Crippen LogP contribution is 2.24. The largest absolute Gasteiger partial charge is 0.468 e. The predicted octanol–water partition coefficient (Wildman–Crippen LogP) is 1.66. The average Bonchev–Trinajstić information content (AvgIpc) is 2.68. The Labute approximate surface area is 111 Å². The average molecular weight is 270 g/mol. The van der Waals surface area contributed by atoms with E-state index >= 15 is 0 Å². The Balaban J connectivity index is 2.84. The van der Waals surface area contributed by atoms with E-state index in [4.69, 9.17) is 5.73 Å². The van der Waals surface area contributed by atoms with Crippen molar-refractivity contribution in [1.29, 1.82) is 0 Å². The van der Waals surface area contributed by atoms with Gasteiger partial charge in [0.25, 0.3) is 5.91 Å². The minimum atomic E-state index is -0.418. The van der Waals surface area contributed by atoms with Crippen molar-refractivity contribution >= 4 is 28.9 Å². The summed E-state index contributed by atoms with van der Waals surface area (Å²) in [5, 5.41) is 0. The van der Waals surface area contributed by atoms with Crippen LogP contribution in [0.4, 0.5) is 5.69 Å². The van der Waals surface area contributed by atoms with E-state index in [-0.39, 0.29) is 12.5 Å². The lowest BCUT2D eigenvalue weighted by atomic mass is 10.3. The second kappa shape index (κ2) is 6.39. The minimum Gasteiger partial charge on any atom is -0.468 e. The van der Waals surface area contributed by atoms with Gasteiger partial charge in [-0.3, -0.25) is 9.59 Å². The van der Waals surface area contributed by atoms with Crippen molar-refractivity contribution in [2.24, 2.45) is 0 Å². The fourth-order valence-corrected chi connectivity index (χ4v) is 2.41. The normalized spacial score (nSPS) is 10.2. The molecule has 0 aliphatic carbocycles. The third kappa shape index (κ3) is 3.46. The number of hydrogen-bond acceptors (Lipinski definition) is 5. The number of methoxy groups -OCH3 is 1. The number of carbonyl (C=O) groups is 2. The summed E-state index contributed by atoms with van der Waals surface area (Å²) in [7, 11) is 1.31. The zero-order valence-electron chi connectivity index (χ0n) is 10.9. The molecule has 1 heterocycles. The maximum absolute atomic E-state index is 12.2. The maximum atomic E-state index is 12.2. The monoisotopic (exact) mass is 270 g/mol. The molecule has 0 saturated carbocycles. The second-order valence-corrected chi connectivity index (χ2v) is 5.18. The van der Waals surface area contributed by atoms with E-state index < -0.39 is 5.97 Å². The molecular formula is C12H18N2O3S. The SMILES string of the molecule is CCCN(CC(=O)OC)C(=O)c1cc(N)c(C)s1. The molecule has 2 N–H and O–H groups in total. The van der Waals surface area contributed by atoms with Crippen LogP contribution >= 0.6 is 11.3 Å². The van der Waals surface area contributed by atoms with Gasteiger partial charge < -0.3 is 15.4 Å². The van der Waals surface area contributed by atoms with E-state index in [9.17, 15) is 9.59 Å². The summed E-state index contributed by atoms with van der Waals surface area (Å²) >= 11 is 1.34. The number of nitrogens with two attached hydrogens (primary N) is 1. The smallest absolute Gasteiger partial charge is 0.325 e. The molecule has 1 aromatic heterocycles. The molecule has 0 aliphatic heterocycles. The van der Waals surface area contributed by atoms with Crippen LogP contribution < -0.4 is 5.73 Å². The Bertz CT molecular complexity index is 423. The van der Waals surface area contributed by atoms with Crippen molar-refractivity contribution in [2.45, 2.75) is 20.3 Å². The Morgan fingerprint density at radius 1 is 1.50 bits per heavy atom. The van der Waals surface area contributed by atoms with E-state index in [0.29, 0.717) is 17.1 Å². The summed E-state index contributed by atoms with van der Waals surface area (Å²) in [4.78, 5) is 26.4. The first kappa shape index (κ1) is 14.5. The molecule has 6 heteroatoms. The van der Waals surface area contributed by atoms with Gasteiger partial charge >= 0.3 is 5.97 Å². The van der Waals surface area contributed by atoms with Gasteiger partial charge in [-0.05, 0) is 19.4 Å². The molecule has 100 valence electrons. The molecule has 0 saturated heterocycles. The van der Waals surface area contributed by atoms with Crippen molar-refractivity contribution in [3.8, 4) is 0 Å². The number of ether oxygens (including phenoxy) is 1. The van der Waals surface area contributed by atoms with Crippen molar-refractivity contribution < 1.29 is 14.3 Å². The number of rotatable bonds is 5. The predicted molar refractivity (Wildman–Crippen MR) is 71.7 cm³/mol. The molecule has 0 bridgehead atoms. The summed E-state index contributed by atoms with van der Waals surface area (Å²) < 4.78 is 4.59. The molecule has 0 fully saturated rings. The topological polar surface area (TPSA) is 72.6 Å². The number of hydrogen-bond donors (Lipinski definition) is 1. The number of amides is 1. The Hall–Kier alpha value is -1.56. The molecular weight excluding hydrogens is 252 g/mol. The number of anilines is 1. The van der Waals surface area contributed by atoms with E-state index in [1.54, 1.807) is 6.07 Å². The third-order valence-corrected chi connectivity index (χ3v) is 3.55. The van der Waals surface area contributed by atoms with E-state index in [0.717, 1.165) is 11.3 Å². The molecule has 1 amide bonds. The summed E-state index contributed by atoms with van der Waals surface area (Å²) in [6.45, 7) is 4.30. The van der Waals surface area contributed by atoms with Crippen LogP contribution in [0.3, 0.4) is 0 Å². The minimum absolute atomic E-state index is 0.0278. The molecule has 1 rings (SSSR count). The first-order valence-corrected chi connectivity index (χ1v) is 6.53. The fourth-order valence-electron chi connectivity index (χ4n) is 1.50. The van der Waals surface area contributed by atoms with Crippen LogP contribution in [0, 0.1) is 6.92 Å². The van der Waals surface area contributed by atoms with Crippen molar-refractivity contribution in [3.05, 3.63) is 15.8 Å². The lowest BCUT2D eigenvalue weighted by molar-refractivity contribution is -0.141. The van der Waals surface area contributed by atoms with Crippen LogP contribution in [0.15, 0.2) is 6.07 Å². The molecule has 0 aliphatic rings. The Morgan fingerprint density at radius 3 is 2.61 bits per heavy atom. The fraction of sp³-hybridized carbons (Fsp3) is 0.500. The zero-order chi connectivity index (χ0) is 13.7. The van der Waals surface area contributed by atoms with Crippen LogP contribution in [0.1, 0.15) is 27.9 Å². The highest BCUT2D eigenvalue weighted by Gasteiger charge is 2.20. The van der Waals surface area contributed by atoms with Gasteiger partial charge in [-0.2, -0.15) is 0 Å². The van der Waals surface area contributed by atoms with E-state index in [1.165, 1.54) is 23.3 Å². The van der Waals surface area contributed by atoms with Gasteiger partial charge in [-0.1, -0.05) is 6.92 Å². The summed E-state index contributed by atoms with van der Waals surface area (Å²) in [5.74, 6) is -0.592. The summed E-state index contributed by atoms with van der Waals surface area (Å²) in [6, 6.07) is 1.66. The van der Waals surface area contributed by atoms with Crippen LogP contribution in [0.2, 0.25) is 0 Å².